The molecule has 0 amide bonds. The van der Waals surface area contributed by atoms with E-state index in [0.717, 1.165) is 31.9 Å². The number of hydrogen-bond donors (Lipinski definition) is 1. The summed E-state index contributed by atoms with van der Waals surface area (Å²) in [6.45, 7) is 11.9. The Kier molecular flexibility index (Phi) is 9.16. The zero-order chi connectivity index (χ0) is 15.5. The average Bonchev–Trinajstić information content (AvgIpc) is 2.47. The van der Waals surface area contributed by atoms with E-state index in [-0.39, 0.29) is 0 Å². The molecular weight excluding hydrogens is 258 g/mol. The molecule has 0 spiro atoms. The molecule has 0 fully saturated rings. The van der Waals surface area contributed by atoms with Crippen LogP contribution in [0.1, 0.15) is 69.9 Å². The van der Waals surface area contributed by atoms with Crippen LogP contribution in [0.5, 0.6) is 5.75 Å². The second-order valence-electron chi connectivity index (χ2n) is 6.19. The maximum absolute atomic E-state index is 5.96. The van der Waals surface area contributed by atoms with Crippen LogP contribution in [0.25, 0.3) is 0 Å². The molecule has 0 unspecified atom stereocenters. The molecule has 0 aliphatic heterocycles. The first-order chi connectivity index (χ1) is 10.1. The van der Waals surface area contributed by atoms with Crippen LogP contribution in [-0.2, 0) is 0 Å². The maximum Gasteiger partial charge on any atom is 0.122 e. The SMILES string of the molecule is CCCNCCCCCCOc1cc(C(C)C)ccc1C. The minimum Gasteiger partial charge on any atom is -0.493 e. The molecule has 0 aliphatic rings. The van der Waals surface area contributed by atoms with Gasteiger partial charge in [0.2, 0.25) is 0 Å². The number of hydrogen-bond acceptors (Lipinski definition) is 2. The van der Waals surface area contributed by atoms with Crippen LogP contribution in [-0.4, -0.2) is 19.7 Å². The minimum atomic E-state index is 0.559. The molecule has 2 nitrogen and oxygen atoms in total. The van der Waals surface area contributed by atoms with Crippen molar-refractivity contribution in [3.8, 4) is 5.75 Å². The molecule has 2 heteroatoms. The van der Waals surface area contributed by atoms with Gasteiger partial charge in [-0.25, -0.2) is 0 Å². The van der Waals surface area contributed by atoms with E-state index >= 15 is 0 Å². The van der Waals surface area contributed by atoms with Gasteiger partial charge in [0.15, 0.2) is 0 Å². The highest BCUT2D eigenvalue weighted by Gasteiger charge is 2.04. The number of nitrogens with one attached hydrogen (secondary N) is 1. The monoisotopic (exact) mass is 291 g/mol. The highest BCUT2D eigenvalue weighted by Crippen LogP contribution is 2.24. The summed E-state index contributed by atoms with van der Waals surface area (Å²) in [7, 11) is 0. The van der Waals surface area contributed by atoms with E-state index in [9.17, 15) is 0 Å². The van der Waals surface area contributed by atoms with Gasteiger partial charge in [-0.3, -0.25) is 0 Å². The van der Waals surface area contributed by atoms with Crippen molar-refractivity contribution in [2.45, 2.75) is 65.7 Å². The molecule has 0 bridgehead atoms. The molecule has 1 rings (SSSR count). The normalized spacial score (nSPS) is 11.1. The van der Waals surface area contributed by atoms with E-state index in [2.05, 4.69) is 51.2 Å². The van der Waals surface area contributed by atoms with Gasteiger partial charge in [-0.1, -0.05) is 45.7 Å². The second-order valence-corrected chi connectivity index (χ2v) is 6.19. The largest absolute Gasteiger partial charge is 0.493 e. The highest BCUT2D eigenvalue weighted by molar-refractivity contribution is 5.37. The Morgan fingerprint density at radius 2 is 1.81 bits per heavy atom. The minimum absolute atomic E-state index is 0.559. The molecule has 21 heavy (non-hydrogen) atoms. The average molecular weight is 291 g/mol. The predicted octanol–water partition coefficient (Wildman–Crippen LogP) is 5.06. The Hall–Kier alpha value is -1.02. The van der Waals surface area contributed by atoms with Crippen LogP contribution < -0.4 is 10.1 Å². The van der Waals surface area contributed by atoms with Gasteiger partial charge in [-0.05, 0) is 62.4 Å². The van der Waals surface area contributed by atoms with Crippen LogP contribution in [0.2, 0.25) is 0 Å². The molecule has 0 saturated carbocycles. The van der Waals surface area contributed by atoms with E-state index in [1.165, 1.54) is 36.8 Å². The summed E-state index contributed by atoms with van der Waals surface area (Å²) in [6.07, 6.45) is 6.21. The van der Waals surface area contributed by atoms with Gasteiger partial charge < -0.3 is 10.1 Å². The first-order valence-electron chi connectivity index (χ1n) is 8.59. The van der Waals surface area contributed by atoms with Crippen LogP contribution in [0.4, 0.5) is 0 Å². The molecule has 0 aromatic heterocycles. The van der Waals surface area contributed by atoms with E-state index < -0.39 is 0 Å². The van der Waals surface area contributed by atoms with Crippen molar-refractivity contribution in [3.05, 3.63) is 29.3 Å². The summed E-state index contributed by atoms with van der Waals surface area (Å²) in [5, 5.41) is 3.44. The molecule has 0 atom stereocenters. The Labute approximate surface area is 131 Å². The van der Waals surface area contributed by atoms with Crippen molar-refractivity contribution >= 4 is 0 Å². The Bertz CT molecular complexity index is 387. The van der Waals surface area contributed by atoms with Gasteiger partial charge in [0.1, 0.15) is 5.75 Å². The first kappa shape index (κ1) is 18.0. The van der Waals surface area contributed by atoms with Crippen LogP contribution in [0.3, 0.4) is 0 Å². The zero-order valence-electron chi connectivity index (χ0n) is 14.4. The van der Waals surface area contributed by atoms with Gasteiger partial charge in [0, 0.05) is 0 Å². The number of ether oxygens (including phenoxy) is 1. The zero-order valence-corrected chi connectivity index (χ0v) is 14.4. The lowest BCUT2D eigenvalue weighted by molar-refractivity contribution is 0.302. The molecule has 0 radical (unpaired) electrons. The Morgan fingerprint density at radius 3 is 2.52 bits per heavy atom. The predicted molar refractivity (Wildman–Crippen MR) is 92.4 cm³/mol. The Morgan fingerprint density at radius 1 is 1.05 bits per heavy atom. The fraction of sp³-hybridized carbons (Fsp3) is 0.684. The van der Waals surface area contributed by atoms with Crippen molar-refractivity contribution in [2.75, 3.05) is 19.7 Å². The van der Waals surface area contributed by atoms with Crippen LogP contribution >= 0.6 is 0 Å². The fourth-order valence-corrected chi connectivity index (χ4v) is 2.32. The number of unbranched alkanes of at least 4 members (excludes halogenated alkanes) is 3. The third-order valence-corrected chi connectivity index (χ3v) is 3.81. The molecule has 0 heterocycles. The highest BCUT2D eigenvalue weighted by atomic mass is 16.5. The topological polar surface area (TPSA) is 21.3 Å². The van der Waals surface area contributed by atoms with Gasteiger partial charge in [0.25, 0.3) is 0 Å². The van der Waals surface area contributed by atoms with Gasteiger partial charge in [-0.2, -0.15) is 0 Å². The van der Waals surface area contributed by atoms with E-state index in [1.54, 1.807) is 0 Å². The summed E-state index contributed by atoms with van der Waals surface area (Å²) in [5.41, 5.74) is 2.60. The summed E-state index contributed by atoms with van der Waals surface area (Å²) in [4.78, 5) is 0. The third kappa shape index (κ3) is 7.52. The standard InChI is InChI=1S/C19H33NO/c1-5-12-20-13-8-6-7-9-14-21-19-15-18(16(2)3)11-10-17(19)4/h10-11,15-16,20H,5-9,12-14H2,1-4H3. The van der Waals surface area contributed by atoms with Crippen LogP contribution in [0.15, 0.2) is 18.2 Å². The quantitative estimate of drug-likeness (QED) is 0.576. The number of rotatable bonds is 11. The third-order valence-electron chi connectivity index (χ3n) is 3.81. The van der Waals surface area contributed by atoms with Crippen molar-refractivity contribution in [1.82, 2.24) is 5.32 Å². The molecule has 1 aromatic rings. The lowest BCUT2D eigenvalue weighted by atomic mass is 10.0. The van der Waals surface area contributed by atoms with E-state index in [0.29, 0.717) is 5.92 Å². The lowest BCUT2D eigenvalue weighted by Crippen LogP contribution is -2.15. The lowest BCUT2D eigenvalue weighted by Gasteiger charge is -2.12. The van der Waals surface area contributed by atoms with Gasteiger partial charge in [-0.15, -0.1) is 0 Å². The second kappa shape index (κ2) is 10.7. The van der Waals surface area contributed by atoms with Crippen molar-refractivity contribution in [1.29, 1.82) is 0 Å². The smallest absolute Gasteiger partial charge is 0.122 e. The number of benzene rings is 1. The summed E-state index contributed by atoms with van der Waals surface area (Å²) < 4.78 is 5.96. The Balaban J connectivity index is 2.16. The summed E-state index contributed by atoms with van der Waals surface area (Å²) >= 11 is 0. The van der Waals surface area contributed by atoms with Crippen molar-refractivity contribution in [3.63, 3.8) is 0 Å². The van der Waals surface area contributed by atoms with Gasteiger partial charge >= 0.3 is 0 Å². The number of aryl methyl sites for hydroxylation is 1. The van der Waals surface area contributed by atoms with Crippen LogP contribution in [0, 0.1) is 6.92 Å². The van der Waals surface area contributed by atoms with E-state index in [1.807, 2.05) is 0 Å². The fourth-order valence-electron chi connectivity index (χ4n) is 2.32. The molecule has 1 N–H and O–H groups in total. The first-order valence-corrected chi connectivity index (χ1v) is 8.59. The molecular formula is C19H33NO. The maximum atomic E-state index is 5.96. The molecule has 1 aromatic carbocycles. The van der Waals surface area contributed by atoms with Crippen molar-refractivity contribution < 1.29 is 4.74 Å². The van der Waals surface area contributed by atoms with Crippen molar-refractivity contribution in [2.24, 2.45) is 0 Å². The molecule has 120 valence electrons. The molecule has 0 saturated heterocycles. The molecule has 0 aliphatic carbocycles. The van der Waals surface area contributed by atoms with E-state index in [4.69, 9.17) is 4.74 Å². The summed E-state index contributed by atoms with van der Waals surface area (Å²) in [5.74, 6) is 1.62. The summed E-state index contributed by atoms with van der Waals surface area (Å²) in [6, 6.07) is 6.58. The van der Waals surface area contributed by atoms with Gasteiger partial charge in [0.05, 0.1) is 6.61 Å².